The number of nitrogen functional groups attached to an aromatic ring is 1. The Morgan fingerprint density at radius 3 is 2.43 bits per heavy atom. The number of hydrogen-bond acceptors (Lipinski definition) is 14. The van der Waals surface area contributed by atoms with Crippen molar-refractivity contribution in [2.75, 3.05) is 18.1 Å². The average molecular weight is 581 g/mol. The quantitative estimate of drug-likeness (QED) is 0.134. The lowest BCUT2D eigenvalue weighted by atomic mass is 10.1. The summed E-state index contributed by atoms with van der Waals surface area (Å²) < 4.78 is 52.8. The van der Waals surface area contributed by atoms with Crippen LogP contribution in [0.5, 0.6) is 0 Å². The number of imidazole rings is 1. The maximum Gasteiger partial charge on any atom is 0.490 e. The zero-order valence-electron chi connectivity index (χ0n) is 17.7. The summed E-state index contributed by atoms with van der Waals surface area (Å²) in [6.45, 7) is 0.969. The standard InChI is InChI=1S/C13H22N5O13P3S/c1-2-3-35-13-17-7-10(14)15-5-16-11(7)18(13)12-9(20)8(19)6(29-12)4-28-33(24,25)31-34(26,27)30-32(21,22)23/h5-6,8-9,12,19-20H,2-4H2,1H3,(H,24,25)(H,26,27)(H2,14,15,16)(H2,21,22,23)/t6-,8-,9-,12-/m1/s1. The molecule has 2 aromatic heterocycles. The number of aliphatic hydroxyl groups excluding tert-OH is 2. The van der Waals surface area contributed by atoms with Crippen molar-refractivity contribution in [3.05, 3.63) is 6.33 Å². The van der Waals surface area contributed by atoms with Gasteiger partial charge in [-0.3, -0.25) is 9.09 Å². The second kappa shape index (κ2) is 10.8. The predicted octanol–water partition coefficient (Wildman–Crippen LogP) is -0.127. The zero-order chi connectivity index (χ0) is 26.2. The first-order valence-electron chi connectivity index (χ1n) is 9.55. The topological polar surface area (TPSA) is 279 Å². The lowest BCUT2D eigenvalue weighted by Crippen LogP contribution is -2.33. The number of thioether (sulfide) groups is 1. The molecule has 1 fully saturated rings. The van der Waals surface area contributed by atoms with E-state index in [-0.39, 0.29) is 17.0 Å². The third kappa shape index (κ3) is 7.06. The van der Waals surface area contributed by atoms with Crippen LogP contribution in [0, 0.1) is 0 Å². The molecule has 3 rings (SSSR count). The molecule has 1 aliphatic heterocycles. The first-order chi connectivity index (χ1) is 16.1. The van der Waals surface area contributed by atoms with Crippen LogP contribution in [0.15, 0.2) is 11.5 Å². The molecule has 3 heterocycles. The molecule has 6 atom stereocenters. The highest BCUT2D eigenvalue weighted by molar-refractivity contribution is 7.99. The third-order valence-electron chi connectivity index (χ3n) is 4.32. The molecule has 2 unspecified atom stereocenters. The van der Waals surface area contributed by atoms with Gasteiger partial charge in [-0.15, -0.1) is 0 Å². The summed E-state index contributed by atoms with van der Waals surface area (Å²) in [6.07, 6.45) is -4.14. The minimum atomic E-state index is -5.72. The van der Waals surface area contributed by atoms with Gasteiger partial charge < -0.3 is 40.3 Å². The van der Waals surface area contributed by atoms with Crippen molar-refractivity contribution >= 4 is 52.2 Å². The summed E-state index contributed by atoms with van der Waals surface area (Å²) in [5, 5.41) is 21.3. The Morgan fingerprint density at radius 2 is 1.80 bits per heavy atom. The monoisotopic (exact) mass is 581 g/mol. The van der Waals surface area contributed by atoms with Crippen LogP contribution in [-0.4, -0.2) is 80.0 Å². The molecule has 22 heteroatoms. The summed E-state index contributed by atoms with van der Waals surface area (Å²) in [7, 11) is -16.7. The molecule has 0 amide bonds. The summed E-state index contributed by atoms with van der Waals surface area (Å²) in [5.41, 5.74) is 6.25. The van der Waals surface area contributed by atoms with Gasteiger partial charge in [-0.2, -0.15) is 8.62 Å². The molecule has 0 radical (unpaired) electrons. The largest absolute Gasteiger partial charge is 0.490 e. The number of nitrogens with two attached hydrogens (primary N) is 1. The van der Waals surface area contributed by atoms with Crippen LogP contribution in [0.2, 0.25) is 0 Å². The van der Waals surface area contributed by atoms with E-state index >= 15 is 0 Å². The number of aromatic nitrogens is 4. The van der Waals surface area contributed by atoms with Gasteiger partial charge in [0.05, 0.1) is 6.61 Å². The van der Waals surface area contributed by atoms with E-state index in [4.69, 9.17) is 20.3 Å². The minimum Gasteiger partial charge on any atom is -0.387 e. The Labute approximate surface area is 200 Å². The normalized spacial score (nSPS) is 26.6. The minimum absolute atomic E-state index is 0.0596. The molecule has 1 saturated heterocycles. The maximum absolute atomic E-state index is 12.0. The van der Waals surface area contributed by atoms with Crippen molar-refractivity contribution in [2.45, 2.75) is 43.0 Å². The number of phosphoric acid groups is 3. The SMILES string of the molecule is CCCSc1nc2c(N)ncnc2n1[C@@H]1O[C@H](COP(=O)(O)OP(=O)(O)OP(=O)(O)O)[C@@H](O)[C@H]1O. The van der Waals surface area contributed by atoms with E-state index in [1.54, 1.807) is 0 Å². The highest BCUT2D eigenvalue weighted by Crippen LogP contribution is 2.66. The fourth-order valence-corrected chi connectivity index (χ4v) is 6.88. The van der Waals surface area contributed by atoms with E-state index in [2.05, 4.69) is 28.1 Å². The van der Waals surface area contributed by atoms with Crippen LogP contribution in [0.4, 0.5) is 5.82 Å². The van der Waals surface area contributed by atoms with Gasteiger partial charge in [0.1, 0.15) is 24.6 Å². The number of aliphatic hydroxyl groups is 2. The van der Waals surface area contributed by atoms with Crippen LogP contribution in [0.3, 0.4) is 0 Å². The molecule has 18 nitrogen and oxygen atoms in total. The molecule has 0 bridgehead atoms. The summed E-state index contributed by atoms with van der Waals surface area (Å²) in [4.78, 5) is 48.3. The van der Waals surface area contributed by atoms with Crippen molar-refractivity contribution in [3.63, 3.8) is 0 Å². The van der Waals surface area contributed by atoms with Gasteiger partial charge in [-0.25, -0.2) is 28.6 Å². The van der Waals surface area contributed by atoms with Crippen molar-refractivity contribution in [1.82, 2.24) is 19.5 Å². The average Bonchev–Trinajstić information content (AvgIpc) is 3.20. The van der Waals surface area contributed by atoms with Gasteiger partial charge in [-0.05, 0) is 6.42 Å². The van der Waals surface area contributed by atoms with Gasteiger partial charge in [-0.1, -0.05) is 18.7 Å². The van der Waals surface area contributed by atoms with E-state index < -0.39 is 54.6 Å². The van der Waals surface area contributed by atoms with Crippen LogP contribution in [-0.2, 0) is 31.6 Å². The number of hydrogen-bond donors (Lipinski definition) is 7. The first-order valence-corrected chi connectivity index (χ1v) is 15.1. The third-order valence-corrected chi connectivity index (χ3v) is 9.28. The zero-order valence-corrected chi connectivity index (χ0v) is 21.2. The number of rotatable bonds is 11. The molecule has 0 saturated carbocycles. The molecule has 198 valence electrons. The molecular weight excluding hydrogens is 559 g/mol. The van der Waals surface area contributed by atoms with E-state index in [9.17, 15) is 33.7 Å². The predicted molar refractivity (Wildman–Crippen MR) is 116 cm³/mol. The van der Waals surface area contributed by atoms with Gasteiger partial charge in [0.15, 0.2) is 28.4 Å². The van der Waals surface area contributed by atoms with Crippen LogP contribution in [0.1, 0.15) is 19.6 Å². The Balaban J connectivity index is 1.79. The number of ether oxygens (including phenoxy) is 1. The number of nitrogens with zero attached hydrogens (tertiary/aromatic N) is 4. The summed E-state index contributed by atoms with van der Waals surface area (Å²) in [5.74, 6) is 0.682. The van der Waals surface area contributed by atoms with E-state index in [0.29, 0.717) is 10.9 Å². The van der Waals surface area contributed by atoms with Crippen molar-refractivity contribution < 1.29 is 61.4 Å². The maximum atomic E-state index is 12.0. The molecule has 0 spiro atoms. The van der Waals surface area contributed by atoms with E-state index in [1.165, 1.54) is 16.3 Å². The summed E-state index contributed by atoms with van der Waals surface area (Å²) >= 11 is 1.28. The van der Waals surface area contributed by atoms with Crippen molar-refractivity contribution in [3.8, 4) is 0 Å². The molecule has 0 aliphatic carbocycles. The van der Waals surface area contributed by atoms with Crippen molar-refractivity contribution in [2.24, 2.45) is 0 Å². The van der Waals surface area contributed by atoms with Crippen LogP contribution in [0.25, 0.3) is 11.2 Å². The molecule has 1 aliphatic rings. The molecule has 0 aromatic carbocycles. The molecule has 2 aromatic rings. The second-order valence-corrected chi connectivity index (χ2v) is 12.5. The van der Waals surface area contributed by atoms with Gasteiger partial charge >= 0.3 is 23.5 Å². The Morgan fingerprint density at radius 1 is 1.11 bits per heavy atom. The number of fused-ring (bicyclic) bond motifs is 1. The van der Waals surface area contributed by atoms with Gasteiger partial charge in [0.2, 0.25) is 0 Å². The highest BCUT2D eigenvalue weighted by atomic mass is 32.2. The fraction of sp³-hybridized carbons (Fsp3) is 0.615. The molecule has 8 N–H and O–H groups in total. The van der Waals surface area contributed by atoms with Gasteiger partial charge in [0.25, 0.3) is 0 Å². The summed E-state index contributed by atoms with van der Waals surface area (Å²) in [6, 6.07) is 0. The smallest absolute Gasteiger partial charge is 0.387 e. The molecular formula is C13H22N5O13P3S. The Kier molecular flexibility index (Phi) is 8.79. The van der Waals surface area contributed by atoms with Gasteiger partial charge in [0, 0.05) is 5.75 Å². The number of anilines is 1. The van der Waals surface area contributed by atoms with Crippen molar-refractivity contribution in [1.29, 1.82) is 0 Å². The number of phosphoric ester groups is 1. The lowest BCUT2D eigenvalue weighted by molar-refractivity contribution is -0.0540. The van der Waals surface area contributed by atoms with E-state index in [0.717, 1.165) is 12.7 Å². The lowest BCUT2D eigenvalue weighted by Gasteiger charge is -2.19. The van der Waals surface area contributed by atoms with E-state index in [1.807, 2.05) is 6.92 Å². The Bertz CT molecular complexity index is 1210. The Hall–Kier alpha value is -1.01. The first kappa shape index (κ1) is 28.6. The van der Waals surface area contributed by atoms with Crippen LogP contribution < -0.4 is 5.73 Å². The molecule has 35 heavy (non-hydrogen) atoms. The second-order valence-electron chi connectivity index (χ2n) is 6.98. The highest BCUT2D eigenvalue weighted by Gasteiger charge is 2.47. The van der Waals surface area contributed by atoms with Crippen LogP contribution >= 0.6 is 35.2 Å². The fourth-order valence-electron chi connectivity index (χ4n) is 2.98.